The quantitative estimate of drug-likeness (QED) is 0.664. The maximum absolute atomic E-state index is 13.0. The van der Waals surface area contributed by atoms with Crippen LogP contribution in [0.3, 0.4) is 0 Å². The average molecular weight is 332 g/mol. The molecule has 0 spiro atoms. The van der Waals surface area contributed by atoms with Gasteiger partial charge in [0.1, 0.15) is 19.0 Å². The zero-order chi connectivity index (χ0) is 16.4. The lowest BCUT2D eigenvalue weighted by Crippen LogP contribution is -2.22. The number of ketones is 1. The van der Waals surface area contributed by atoms with Gasteiger partial charge in [-0.2, -0.15) is 0 Å². The largest absolute Gasteiger partial charge is 0.486 e. The van der Waals surface area contributed by atoms with E-state index in [1.165, 1.54) is 24.3 Å². The molecule has 23 heavy (non-hydrogen) atoms. The molecule has 0 aliphatic carbocycles. The third-order valence-corrected chi connectivity index (χ3v) is 3.39. The van der Waals surface area contributed by atoms with Crippen molar-refractivity contribution in [2.75, 3.05) is 18.5 Å². The monoisotopic (exact) mass is 332 g/mol. The lowest BCUT2D eigenvalue weighted by Gasteiger charge is -2.21. The summed E-state index contributed by atoms with van der Waals surface area (Å²) in [4.78, 5) is 12.7. The molecule has 0 atom stereocenters. The second-order valence-corrected chi connectivity index (χ2v) is 5.31. The normalized spacial score (nSPS) is 12.6. The molecule has 0 saturated carbocycles. The first-order chi connectivity index (χ1) is 11.0. The van der Waals surface area contributed by atoms with Crippen molar-refractivity contribution >= 4 is 28.8 Å². The second kappa shape index (κ2) is 6.21. The molecule has 0 bridgehead atoms. The first-order valence-corrected chi connectivity index (χ1v) is 7.26. The van der Waals surface area contributed by atoms with E-state index in [2.05, 4.69) is 5.32 Å². The molecule has 7 heteroatoms. The van der Waals surface area contributed by atoms with Gasteiger partial charge in [-0.3, -0.25) is 4.79 Å². The maximum atomic E-state index is 13.0. The molecule has 0 amide bonds. The van der Waals surface area contributed by atoms with E-state index in [9.17, 15) is 9.18 Å². The van der Waals surface area contributed by atoms with Gasteiger partial charge >= 0.3 is 0 Å². The Labute approximate surface area is 137 Å². The predicted molar refractivity (Wildman–Crippen MR) is 87.7 cm³/mol. The number of hydrogen-bond acceptors (Lipinski definition) is 4. The highest BCUT2D eigenvalue weighted by molar-refractivity contribution is 7.80. The van der Waals surface area contributed by atoms with Crippen LogP contribution in [0.25, 0.3) is 0 Å². The molecular formula is C16H13FN2O3S. The molecule has 1 heterocycles. The molecule has 118 valence electrons. The first kappa shape index (κ1) is 15.2. The Bertz CT molecular complexity index is 778. The van der Waals surface area contributed by atoms with Crippen molar-refractivity contribution in [3.8, 4) is 11.5 Å². The lowest BCUT2D eigenvalue weighted by molar-refractivity contribution is 0.103. The number of ether oxygens (including phenoxy) is 2. The number of nitrogens with two attached hydrogens (primary N) is 1. The molecule has 0 unspecified atom stereocenters. The summed E-state index contributed by atoms with van der Waals surface area (Å²) in [7, 11) is 0. The number of carbonyl (C=O) groups excluding carboxylic acids is 1. The van der Waals surface area contributed by atoms with E-state index in [0.717, 1.165) is 0 Å². The van der Waals surface area contributed by atoms with Gasteiger partial charge in [0.15, 0.2) is 22.4 Å². The first-order valence-electron chi connectivity index (χ1n) is 6.85. The summed E-state index contributed by atoms with van der Waals surface area (Å²) >= 11 is 4.85. The van der Waals surface area contributed by atoms with Crippen LogP contribution in [-0.2, 0) is 0 Å². The summed E-state index contributed by atoms with van der Waals surface area (Å²) in [6, 6.07) is 8.47. The van der Waals surface area contributed by atoms with Crippen LogP contribution in [0.15, 0.2) is 36.4 Å². The zero-order valence-electron chi connectivity index (χ0n) is 12.0. The fraction of sp³-hybridized carbons (Fsp3) is 0.125. The Morgan fingerprint density at radius 2 is 1.74 bits per heavy atom. The van der Waals surface area contributed by atoms with Gasteiger partial charge in [-0.1, -0.05) is 0 Å². The Morgan fingerprint density at radius 1 is 1.13 bits per heavy atom. The van der Waals surface area contributed by atoms with Crippen molar-refractivity contribution in [3.63, 3.8) is 0 Å². The lowest BCUT2D eigenvalue weighted by atomic mass is 10.0. The molecule has 3 rings (SSSR count). The molecule has 0 radical (unpaired) electrons. The molecule has 0 aromatic heterocycles. The number of carbonyl (C=O) groups is 1. The maximum Gasteiger partial charge on any atom is 0.195 e. The number of nitrogens with one attached hydrogen (secondary N) is 1. The van der Waals surface area contributed by atoms with Crippen LogP contribution >= 0.6 is 12.2 Å². The number of hydrogen-bond donors (Lipinski definition) is 2. The third kappa shape index (κ3) is 3.24. The van der Waals surface area contributed by atoms with Gasteiger partial charge in [0, 0.05) is 11.6 Å². The number of halogens is 1. The van der Waals surface area contributed by atoms with Gasteiger partial charge in [-0.15, -0.1) is 0 Å². The van der Waals surface area contributed by atoms with Crippen LogP contribution in [-0.4, -0.2) is 24.1 Å². The molecule has 3 N–H and O–H groups in total. The SMILES string of the molecule is NC(=S)Nc1cc2c(cc1C(=O)c1ccc(F)cc1)OCCO2. The summed E-state index contributed by atoms with van der Waals surface area (Å²) in [5, 5.41) is 2.79. The van der Waals surface area contributed by atoms with Crippen molar-refractivity contribution in [2.45, 2.75) is 0 Å². The number of anilines is 1. The van der Waals surface area contributed by atoms with E-state index in [1.54, 1.807) is 12.1 Å². The minimum Gasteiger partial charge on any atom is -0.486 e. The van der Waals surface area contributed by atoms with Gasteiger partial charge in [-0.25, -0.2) is 4.39 Å². The van der Waals surface area contributed by atoms with Crippen LogP contribution in [0.1, 0.15) is 15.9 Å². The van der Waals surface area contributed by atoms with E-state index in [0.29, 0.717) is 41.5 Å². The summed E-state index contributed by atoms with van der Waals surface area (Å²) in [6.07, 6.45) is 0. The van der Waals surface area contributed by atoms with Crippen molar-refractivity contribution in [1.82, 2.24) is 0 Å². The smallest absolute Gasteiger partial charge is 0.195 e. The van der Waals surface area contributed by atoms with Crippen LogP contribution in [0, 0.1) is 5.82 Å². The van der Waals surface area contributed by atoms with Gasteiger partial charge in [-0.05, 0) is 42.5 Å². The van der Waals surface area contributed by atoms with Crippen LogP contribution in [0.4, 0.5) is 10.1 Å². The molecule has 5 nitrogen and oxygen atoms in total. The Balaban J connectivity index is 2.06. The molecule has 1 aliphatic rings. The predicted octanol–water partition coefficient (Wildman–Crippen LogP) is 2.48. The Morgan fingerprint density at radius 3 is 2.35 bits per heavy atom. The summed E-state index contributed by atoms with van der Waals surface area (Å²) in [6.45, 7) is 0.823. The number of fused-ring (bicyclic) bond motifs is 1. The fourth-order valence-electron chi connectivity index (χ4n) is 2.27. The van der Waals surface area contributed by atoms with E-state index in [-0.39, 0.29) is 10.9 Å². The fourth-order valence-corrected chi connectivity index (χ4v) is 2.38. The van der Waals surface area contributed by atoms with Gasteiger partial charge in [0.2, 0.25) is 0 Å². The topological polar surface area (TPSA) is 73.6 Å². The van der Waals surface area contributed by atoms with Gasteiger partial charge < -0.3 is 20.5 Å². The van der Waals surface area contributed by atoms with E-state index >= 15 is 0 Å². The summed E-state index contributed by atoms with van der Waals surface area (Å²) < 4.78 is 24.0. The Kier molecular flexibility index (Phi) is 4.12. The highest BCUT2D eigenvalue weighted by Gasteiger charge is 2.21. The molecule has 0 fully saturated rings. The Hall–Kier alpha value is -2.67. The second-order valence-electron chi connectivity index (χ2n) is 4.87. The average Bonchev–Trinajstić information content (AvgIpc) is 2.54. The van der Waals surface area contributed by atoms with Crippen molar-refractivity contribution < 1.29 is 18.7 Å². The van der Waals surface area contributed by atoms with Crippen LogP contribution in [0.5, 0.6) is 11.5 Å². The minimum absolute atomic E-state index is 0.0230. The highest BCUT2D eigenvalue weighted by Crippen LogP contribution is 2.36. The van der Waals surface area contributed by atoms with Crippen LogP contribution < -0.4 is 20.5 Å². The molecule has 2 aromatic rings. The highest BCUT2D eigenvalue weighted by atomic mass is 32.1. The van der Waals surface area contributed by atoms with E-state index < -0.39 is 5.82 Å². The molecule has 0 saturated heterocycles. The molecular weight excluding hydrogens is 319 g/mol. The van der Waals surface area contributed by atoms with E-state index in [4.69, 9.17) is 27.4 Å². The summed E-state index contributed by atoms with van der Waals surface area (Å²) in [5.74, 6) is 0.256. The number of rotatable bonds is 3. The van der Waals surface area contributed by atoms with E-state index in [1.807, 2.05) is 0 Å². The van der Waals surface area contributed by atoms with Crippen molar-refractivity contribution in [3.05, 3.63) is 53.3 Å². The minimum atomic E-state index is -0.412. The third-order valence-electron chi connectivity index (χ3n) is 3.29. The van der Waals surface area contributed by atoms with Gasteiger partial charge in [0.25, 0.3) is 0 Å². The molecule has 1 aliphatic heterocycles. The number of benzene rings is 2. The molecule has 2 aromatic carbocycles. The number of thiocarbonyl (C=S) groups is 1. The van der Waals surface area contributed by atoms with Crippen molar-refractivity contribution in [1.29, 1.82) is 0 Å². The standard InChI is InChI=1S/C16H13FN2O3S/c17-10-3-1-9(2-4-10)15(20)11-7-13-14(22-6-5-21-13)8-12(11)19-16(18)23/h1-4,7-8H,5-6H2,(H3,18,19,23). The zero-order valence-corrected chi connectivity index (χ0v) is 12.8. The van der Waals surface area contributed by atoms with Crippen molar-refractivity contribution in [2.24, 2.45) is 5.73 Å². The summed E-state index contributed by atoms with van der Waals surface area (Å²) in [5.41, 5.74) is 6.58. The van der Waals surface area contributed by atoms with Gasteiger partial charge in [0.05, 0.1) is 11.3 Å². The van der Waals surface area contributed by atoms with Crippen LogP contribution in [0.2, 0.25) is 0 Å².